The molecular weight excluding hydrogens is 378 g/mol. The number of fused-ring (bicyclic) bond motifs is 1. The number of rotatable bonds is 5. The molecule has 166 valence electrons. The van der Waals surface area contributed by atoms with Gasteiger partial charge in [-0.25, -0.2) is 0 Å². The van der Waals surface area contributed by atoms with Gasteiger partial charge in [-0.3, -0.25) is 14.3 Å². The number of hydrogen-bond donors (Lipinski definition) is 1. The topological polar surface area (TPSA) is 75.4 Å². The second-order valence-electron chi connectivity index (χ2n) is 10.1. The average Bonchev–Trinajstić information content (AvgIpc) is 3.05. The average molecular weight is 416 g/mol. The zero-order valence-electron chi connectivity index (χ0n) is 18.6. The van der Waals surface area contributed by atoms with E-state index in [0.717, 1.165) is 44.0 Å². The Balaban J connectivity index is 1.35. The van der Waals surface area contributed by atoms with Gasteiger partial charge >= 0.3 is 5.97 Å². The summed E-state index contributed by atoms with van der Waals surface area (Å²) in [5.41, 5.74) is 3.73. The van der Waals surface area contributed by atoms with Crippen molar-refractivity contribution in [3.8, 4) is 0 Å². The molecule has 1 aromatic heterocycles. The third-order valence-electron chi connectivity index (χ3n) is 7.92. The van der Waals surface area contributed by atoms with Crippen LogP contribution in [0.3, 0.4) is 0 Å². The maximum absolute atomic E-state index is 13.0. The molecule has 0 spiro atoms. The van der Waals surface area contributed by atoms with Crippen molar-refractivity contribution < 1.29 is 14.7 Å². The van der Waals surface area contributed by atoms with Gasteiger partial charge in [0, 0.05) is 19.5 Å². The summed E-state index contributed by atoms with van der Waals surface area (Å²) in [5.74, 6) is 1.24. The van der Waals surface area contributed by atoms with E-state index in [1.54, 1.807) is 0 Å². The minimum absolute atomic E-state index is 0.214. The number of nitrogens with zero attached hydrogens (tertiary/aromatic N) is 3. The second kappa shape index (κ2) is 9.11. The summed E-state index contributed by atoms with van der Waals surface area (Å²) in [7, 11) is 0. The standard InChI is InChI=1S/C24H37N3O3/c1-16-3-5-19(6-4-16)14-27-22-15-26(12-11-21(22)17(2)25-27)23(28)13-18-7-9-20(10-8-18)24(29)30/h16,18-20H,3-15H2,1-2H3,(H,29,30)/t16?,18-,19?,20-. The number of carboxylic acids is 1. The van der Waals surface area contributed by atoms with Crippen molar-refractivity contribution in [1.82, 2.24) is 14.7 Å². The maximum atomic E-state index is 13.0. The van der Waals surface area contributed by atoms with Crippen LogP contribution in [0.5, 0.6) is 0 Å². The van der Waals surface area contributed by atoms with Crippen molar-refractivity contribution in [3.63, 3.8) is 0 Å². The molecule has 2 fully saturated rings. The van der Waals surface area contributed by atoms with Crippen LogP contribution in [0.4, 0.5) is 0 Å². The molecule has 6 heteroatoms. The van der Waals surface area contributed by atoms with Gasteiger partial charge in [0.05, 0.1) is 23.9 Å². The molecule has 0 saturated heterocycles. The van der Waals surface area contributed by atoms with Crippen molar-refractivity contribution in [1.29, 1.82) is 0 Å². The Kier molecular flexibility index (Phi) is 6.49. The molecule has 1 aliphatic heterocycles. The van der Waals surface area contributed by atoms with Gasteiger partial charge in [0.1, 0.15) is 0 Å². The number of aliphatic carboxylic acids is 1. The van der Waals surface area contributed by atoms with Crippen LogP contribution in [0, 0.1) is 30.6 Å². The Morgan fingerprint density at radius 2 is 1.70 bits per heavy atom. The highest BCUT2D eigenvalue weighted by molar-refractivity contribution is 5.77. The first kappa shape index (κ1) is 21.4. The van der Waals surface area contributed by atoms with Gasteiger partial charge in [0.15, 0.2) is 0 Å². The molecule has 1 N–H and O–H groups in total. The Labute approximate surface area is 180 Å². The fourth-order valence-corrected chi connectivity index (χ4v) is 5.78. The molecule has 1 aromatic rings. The molecule has 30 heavy (non-hydrogen) atoms. The van der Waals surface area contributed by atoms with Crippen LogP contribution >= 0.6 is 0 Å². The second-order valence-corrected chi connectivity index (χ2v) is 10.1. The predicted octanol–water partition coefficient (Wildman–Crippen LogP) is 4.18. The monoisotopic (exact) mass is 415 g/mol. The van der Waals surface area contributed by atoms with E-state index in [1.807, 2.05) is 4.90 Å². The Hall–Kier alpha value is -1.85. The van der Waals surface area contributed by atoms with E-state index >= 15 is 0 Å². The minimum atomic E-state index is -0.681. The van der Waals surface area contributed by atoms with Crippen molar-refractivity contribution in [2.45, 2.75) is 91.1 Å². The number of carbonyl (C=O) groups excluding carboxylic acids is 1. The summed E-state index contributed by atoms with van der Waals surface area (Å²) >= 11 is 0. The lowest BCUT2D eigenvalue weighted by atomic mass is 9.80. The maximum Gasteiger partial charge on any atom is 0.306 e. The fourth-order valence-electron chi connectivity index (χ4n) is 5.78. The van der Waals surface area contributed by atoms with Crippen LogP contribution in [0.1, 0.15) is 81.7 Å². The molecular formula is C24H37N3O3. The molecule has 0 aromatic carbocycles. The normalized spacial score (nSPS) is 29.5. The third kappa shape index (κ3) is 4.73. The zero-order chi connectivity index (χ0) is 21.3. The van der Waals surface area contributed by atoms with Crippen molar-refractivity contribution in [2.24, 2.45) is 23.7 Å². The van der Waals surface area contributed by atoms with Gasteiger partial charge in [-0.2, -0.15) is 5.10 Å². The molecule has 4 rings (SSSR count). The minimum Gasteiger partial charge on any atom is -0.481 e. The zero-order valence-corrected chi connectivity index (χ0v) is 18.6. The van der Waals surface area contributed by atoms with Gasteiger partial charge < -0.3 is 10.0 Å². The lowest BCUT2D eigenvalue weighted by Gasteiger charge is -2.32. The summed E-state index contributed by atoms with van der Waals surface area (Å²) < 4.78 is 2.21. The summed E-state index contributed by atoms with van der Waals surface area (Å²) in [6.07, 6.45) is 9.83. The predicted molar refractivity (Wildman–Crippen MR) is 115 cm³/mol. The van der Waals surface area contributed by atoms with Gasteiger partial charge in [0.25, 0.3) is 0 Å². The smallest absolute Gasteiger partial charge is 0.306 e. The molecule has 0 radical (unpaired) electrons. The van der Waals surface area contributed by atoms with Crippen LogP contribution in [-0.4, -0.2) is 38.2 Å². The molecule has 6 nitrogen and oxygen atoms in total. The molecule has 1 amide bonds. The first-order valence-corrected chi connectivity index (χ1v) is 12.0. The quantitative estimate of drug-likeness (QED) is 0.783. The number of carbonyl (C=O) groups is 2. The molecule has 0 atom stereocenters. The SMILES string of the molecule is Cc1nn(CC2CCC(C)CC2)c2c1CCN(C(=O)C[C@H]1CC[C@H](C(=O)O)CC1)C2. The van der Waals surface area contributed by atoms with Crippen LogP contribution in [0.15, 0.2) is 0 Å². The lowest BCUT2D eigenvalue weighted by molar-refractivity contribution is -0.143. The molecule has 2 aliphatic carbocycles. The lowest BCUT2D eigenvalue weighted by Crippen LogP contribution is -2.38. The van der Waals surface area contributed by atoms with E-state index < -0.39 is 5.97 Å². The fraction of sp³-hybridized carbons (Fsp3) is 0.792. The van der Waals surface area contributed by atoms with Crippen molar-refractivity contribution >= 4 is 11.9 Å². The van der Waals surface area contributed by atoms with E-state index in [0.29, 0.717) is 37.6 Å². The van der Waals surface area contributed by atoms with E-state index in [9.17, 15) is 14.7 Å². The largest absolute Gasteiger partial charge is 0.481 e. The highest BCUT2D eigenvalue weighted by Gasteiger charge is 2.31. The van der Waals surface area contributed by atoms with E-state index in [-0.39, 0.29) is 11.8 Å². The number of aryl methyl sites for hydroxylation is 1. The summed E-state index contributed by atoms with van der Waals surface area (Å²) in [6.45, 7) is 6.92. The molecule has 3 aliphatic rings. The Bertz CT molecular complexity index is 771. The van der Waals surface area contributed by atoms with Gasteiger partial charge in [-0.15, -0.1) is 0 Å². The molecule has 0 unspecified atom stereocenters. The highest BCUT2D eigenvalue weighted by atomic mass is 16.4. The summed E-state index contributed by atoms with van der Waals surface area (Å²) in [5, 5.41) is 14.0. The van der Waals surface area contributed by atoms with E-state index in [1.165, 1.54) is 36.9 Å². The van der Waals surface area contributed by atoms with Gasteiger partial charge in [0.2, 0.25) is 5.91 Å². The van der Waals surface area contributed by atoms with Crippen LogP contribution in [0.2, 0.25) is 0 Å². The number of aromatic nitrogens is 2. The first-order chi connectivity index (χ1) is 14.4. The number of amides is 1. The Morgan fingerprint density at radius 1 is 1.03 bits per heavy atom. The summed E-state index contributed by atoms with van der Waals surface area (Å²) in [4.78, 5) is 26.2. The third-order valence-corrected chi connectivity index (χ3v) is 7.92. The van der Waals surface area contributed by atoms with Crippen LogP contribution in [-0.2, 0) is 29.1 Å². The molecule has 2 heterocycles. The van der Waals surface area contributed by atoms with Crippen molar-refractivity contribution in [2.75, 3.05) is 6.54 Å². The Morgan fingerprint density at radius 3 is 2.37 bits per heavy atom. The van der Waals surface area contributed by atoms with Crippen LogP contribution < -0.4 is 0 Å². The summed E-state index contributed by atoms with van der Waals surface area (Å²) in [6, 6.07) is 0. The highest BCUT2D eigenvalue weighted by Crippen LogP contribution is 2.33. The van der Waals surface area contributed by atoms with Gasteiger partial charge in [-0.05, 0) is 75.2 Å². The first-order valence-electron chi connectivity index (χ1n) is 12.0. The van der Waals surface area contributed by atoms with Crippen molar-refractivity contribution in [3.05, 3.63) is 17.0 Å². The van der Waals surface area contributed by atoms with E-state index in [2.05, 4.69) is 18.5 Å². The molecule has 2 saturated carbocycles. The van der Waals surface area contributed by atoms with E-state index in [4.69, 9.17) is 5.10 Å². The molecule has 0 bridgehead atoms. The number of carboxylic acid groups (broad SMARTS) is 1. The van der Waals surface area contributed by atoms with Crippen LogP contribution in [0.25, 0.3) is 0 Å². The number of hydrogen-bond acceptors (Lipinski definition) is 3. The van der Waals surface area contributed by atoms with Gasteiger partial charge in [-0.1, -0.05) is 19.8 Å².